The van der Waals surface area contributed by atoms with Crippen LogP contribution in [-0.4, -0.2) is 41.2 Å². The second-order valence-corrected chi connectivity index (χ2v) is 5.06. The average Bonchev–Trinajstić information content (AvgIpc) is 2.42. The van der Waals surface area contributed by atoms with Crippen molar-refractivity contribution in [1.82, 2.24) is 4.90 Å². The number of carboxylic acid groups (broad SMARTS) is 1. The Morgan fingerprint density at radius 2 is 2.27 bits per heavy atom. The van der Waals surface area contributed by atoms with E-state index in [-0.39, 0.29) is 18.4 Å². The van der Waals surface area contributed by atoms with Crippen LogP contribution in [0.3, 0.4) is 0 Å². The molecule has 1 aliphatic rings. The van der Waals surface area contributed by atoms with Gasteiger partial charge in [-0.2, -0.15) is 0 Å². The minimum Gasteiger partial charge on any atom is -0.450 e. The molecule has 0 aromatic heterocycles. The molecule has 1 fully saturated rings. The monoisotopic (exact) mass is 237 g/mol. The fraction of sp³-hybridized carbons (Fsp3) is 0.889. The second-order valence-electron chi connectivity index (χ2n) is 4.58. The van der Waals surface area contributed by atoms with Gasteiger partial charge in [0.2, 0.25) is 0 Å². The minimum absolute atomic E-state index is 0.0134. The van der Waals surface area contributed by atoms with Crippen molar-refractivity contribution in [3.63, 3.8) is 0 Å². The summed E-state index contributed by atoms with van der Waals surface area (Å²) in [4.78, 5) is 12.0. The molecule has 1 N–H and O–H groups in total. The molecule has 0 spiro atoms. The fourth-order valence-electron chi connectivity index (χ4n) is 1.56. The van der Waals surface area contributed by atoms with E-state index in [1.54, 1.807) is 4.90 Å². The highest BCUT2D eigenvalue weighted by Gasteiger charge is 2.39. The molecule has 0 aromatic carbocycles. The number of carbonyl (C=O) groups is 1. The van der Waals surface area contributed by atoms with Crippen LogP contribution < -0.4 is 0 Å². The second kappa shape index (κ2) is 4.55. The third kappa shape index (κ3) is 3.52. The SMILES string of the molecule is CC(C)(C)[C@H]1O[C@@H](Cl)CN1COC(=O)O. The molecule has 2 atom stereocenters. The number of hydrogen-bond acceptors (Lipinski definition) is 4. The third-order valence-electron chi connectivity index (χ3n) is 2.08. The van der Waals surface area contributed by atoms with E-state index in [1.807, 2.05) is 20.8 Å². The highest BCUT2D eigenvalue weighted by atomic mass is 35.5. The predicted octanol–water partition coefficient (Wildman–Crippen LogP) is 1.91. The first-order valence-corrected chi connectivity index (χ1v) is 5.13. The summed E-state index contributed by atoms with van der Waals surface area (Å²) in [6, 6.07) is 0. The molecule has 15 heavy (non-hydrogen) atoms. The van der Waals surface area contributed by atoms with Crippen LogP contribution in [0.1, 0.15) is 20.8 Å². The molecule has 1 aliphatic heterocycles. The van der Waals surface area contributed by atoms with Crippen molar-refractivity contribution in [2.24, 2.45) is 5.41 Å². The summed E-state index contributed by atoms with van der Waals surface area (Å²) in [5.74, 6) is 0. The molecule has 0 saturated carbocycles. The van der Waals surface area contributed by atoms with Gasteiger partial charge in [0.05, 0.1) is 0 Å². The first kappa shape index (κ1) is 12.5. The first-order chi connectivity index (χ1) is 6.80. The van der Waals surface area contributed by atoms with Crippen molar-refractivity contribution in [2.75, 3.05) is 13.3 Å². The Morgan fingerprint density at radius 3 is 2.73 bits per heavy atom. The third-order valence-corrected chi connectivity index (χ3v) is 2.32. The van der Waals surface area contributed by atoms with E-state index in [0.29, 0.717) is 6.54 Å². The highest BCUT2D eigenvalue weighted by Crippen LogP contribution is 2.32. The van der Waals surface area contributed by atoms with Crippen LogP contribution in [0.25, 0.3) is 0 Å². The number of halogens is 1. The predicted molar refractivity (Wildman–Crippen MR) is 54.7 cm³/mol. The summed E-state index contributed by atoms with van der Waals surface area (Å²) >= 11 is 5.86. The van der Waals surface area contributed by atoms with Crippen molar-refractivity contribution in [2.45, 2.75) is 32.6 Å². The lowest BCUT2D eigenvalue weighted by Gasteiger charge is -2.32. The van der Waals surface area contributed by atoms with Crippen LogP contribution >= 0.6 is 11.6 Å². The summed E-state index contributed by atoms with van der Waals surface area (Å²) in [7, 11) is 0. The molecular formula is C9H16ClNO4. The van der Waals surface area contributed by atoms with Gasteiger partial charge in [0.1, 0.15) is 11.8 Å². The van der Waals surface area contributed by atoms with Crippen LogP contribution in [0.15, 0.2) is 0 Å². The highest BCUT2D eigenvalue weighted by molar-refractivity contribution is 6.20. The zero-order valence-corrected chi connectivity index (χ0v) is 9.82. The van der Waals surface area contributed by atoms with E-state index in [0.717, 1.165) is 0 Å². The minimum atomic E-state index is -1.29. The van der Waals surface area contributed by atoms with Crippen LogP contribution in [0.4, 0.5) is 4.79 Å². The zero-order valence-electron chi connectivity index (χ0n) is 9.07. The lowest BCUT2D eigenvalue weighted by atomic mass is 9.94. The Morgan fingerprint density at radius 1 is 1.67 bits per heavy atom. The number of ether oxygens (including phenoxy) is 2. The van der Waals surface area contributed by atoms with Crippen LogP contribution in [-0.2, 0) is 9.47 Å². The number of alkyl halides is 1. The zero-order chi connectivity index (χ0) is 11.6. The molecule has 1 heterocycles. The van der Waals surface area contributed by atoms with Gasteiger partial charge < -0.3 is 14.6 Å². The van der Waals surface area contributed by atoms with Crippen molar-refractivity contribution >= 4 is 17.8 Å². The van der Waals surface area contributed by atoms with E-state index < -0.39 is 11.7 Å². The summed E-state index contributed by atoms with van der Waals surface area (Å²) in [5.41, 5.74) is -0.544. The largest absolute Gasteiger partial charge is 0.507 e. The van der Waals surface area contributed by atoms with Gasteiger partial charge in [-0.05, 0) is 0 Å². The maximum atomic E-state index is 10.3. The van der Waals surface area contributed by atoms with Gasteiger partial charge in [-0.3, -0.25) is 0 Å². The molecule has 0 aliphatic carbocycles. The molecule has 1 rings (SSSR count). The quantitative estimate of drug-likeness (QED) is 0.587. The summed E-state index contributed by atoms with van der Waals surface area (Å²) < 4.78 is 9.99. The first-order valence-electron chi connectivity index (χ1n) is 4.70. The molecular weight excluding hydrogens is 222 g/mol. The van der Waals surface area contributed by atoms with Crippen LogP contribution in [0.2, 0.25) is 0 Å². The van der Waals surface area contributed by atoms with Crippen molar-refractivity contribution in [1.29, 1.82) is 0 Å². The lowest BCUT2D eigenvalue weighted by molar-refractivity contribution is -0.0835. The molecule has 0 aromatic rings. The van der Waals surface area contributed by atoms with E-state index in [2.05, 4.69) is 4.74 Å². The smallest absolute Gasteiger partial charge is 0.450 e. The molecule has 0 bridgehead atoms. The number of nitrogens with zero attached hydrogens (tertiary/aromatic N) is 1. The van der Waals surface area contributed by atoms with Gasteiger partial charge in [-0.1, -0.05) is 32.4 Å². The van der Waals surface area contributed by atoms with Crippen LogP contribution in [0, 0.1) is 5.41 Å². The Kier molecular flexibility index (Phi) is 3.81. The van der Waals surface area contributed by atoms with Crippen molar-refractivity contribution in [3.05, 3.63) is 0 Å². The van der Waals surface area contributed by atoms with Crippen molar-refractivity contribution in [3.8, 4) is 0 Å². The Balaban J connectivity index is 2.57. The molecule has 5 nitrogen and oxygen atoms in total. The molecule has 6 heteroatoms. The Labute approximate surface area is 93.9 Å². The normalized spacial score (nSPS) is 28.0. The lowest BCUT2D eigenvalue weighted by Crippen LogP contribution is -2.41. The maximum Gasteiger partial charge on any atom is 0.507 e. The van der Waals surface area contributed by atoms with Gasteiger partial charge in [0.15, 0.2) is 6.73 Å². The van der Waals surface area contributed by atoms with E-state index in [1.165, 1.54) is 0 Å². The number of rotatable bonds is 2. The van der Waals surface area contributed by atoms with E-state index >= 15 is 0 Å². The van der Waals surface area contributed by atoms with Gasteiger partial charge in [-0.25, -0.2) is 9.69 Å². The summed E-state index contributed by atoms with van der Waals surface area (Å²) in [6.45, 7) is 6.46. The van der Waals surface area contributed by atoms with Crippen LogP contribution in [0.5, 0.6) is 0 Å². The molecule has 0 amide bonds. The molecule has 1 saturated heterocycles. The van der Waals surface area contributed by atoms with Gasteiger partial charge in [-0.15, -0.1) is 0 Å². The van der Waals surface area contributed by atoms with E-state index in [4.69, 9.17) is 21.4 Å². The Bertz CT molecular complexity index is 241. The van der Waals surface area contributed by atoms with Gasteiger partial charge in [0, 0.05) is 12.0 Å². The summed E-state index contributed by atoms with van der Waals surface area (Å²) in [6.07, 6.45) is -1.51. The molecule has 0 unspecified atom stereocenters. The Hall–Kier alpha value is -0.520. The van der Waals surface area contributed by atoms with Gasteiger partial charge in [0.25, 0.3) is 0 Å². The van der Waals surface area contributed by atoms with E-state index in [9.17, 15) is 4.79 Å². The maximum absolute atomic E-state index is 10.3. The molecule has 0 radical (unpaired) electrons. The average molecular weight is 238 g/mol. The van der Waals surface area contributed by atoms with Crippen molar-refractivity contribution < 1.29 is 19.4 Å². The summed E-state index contributed by atoms with van der Waals surface area (Å²) in [5, 5.41) is 8.41. The topological polar surface area (TPSA) is 59.0 Å². The number of hydrogen-bond donors (Lipinski definition) is 1. The molecule has 88 valence electrons. The fourth-order valence-corrected chi connectivity index (χ4v) is 1.83. The van der Waals surface area contributed by atoms with Gasteiger partial charge >= 0.3 is 6.16 Å². The standard InChI is InChI=1S/C9H16ClNO4/c1-9(2,3)7-11(4-6(10)15-7)5-14-8(12)13/h6-7H,4-5H2,1-3H3,(H,12,13)/t6-,7-/m1/s1.